The van der Waals surface area contributed by atoms with E-state index in [4.69, 9.17) is 0 Å². The number of carbonyl (C=O) groups excluding carboxylic acids is 1. The zero-order valence-electron chi connectivity index (χ0n) is 13.6. The van der Waals surface area contributed by atoms with Crippen LogP contribution in [0.3, 0.4) is 0 Å². The molecule has 0 rings (SSSR count). The predicted octanol–water partition coefficient (Wildman–Crippen LogP) is 5.52. The summed E-state index contributed by atoms with van der Waals surface area (Å²) in [7, 11) is 1.45. The van der Waals surface area contributed by atoms with Gasteiger partial charge in [0.25, 0.3) is 0 Å². The second-order valence-corrected chi connectivity index (χ2v) is 4.92. The van der Waals surface area contributed by atoms with Crippen LogP contribution in [0, 0.1) is 0 Å². The van der Waals surface area contributed by atoms with E-state index in [0.717, 1.165) is 25.7 Å². The number of unbranched alkanes of at least 4 members (excludes halogenated alkanes) is 5. The van der Waals surface area contributed by atoms with Crippen LogP contribution in [0.4, 0.5) is 0 Å². The fourth-order valence-electron chi connectivity index (χ4n) is 1.81. The average Bonchev–Trinajstić information content (AvgIpc) is 2.50. The van der Waals surface area contributed by atoms with Crippen molar-refractivity contribution < 1.29 is 9.53 Å². The van der Waals surface area contributed by atoms with E-state index in [2.05, 4.69) is 42.0 Å². The molecule has 2 heteroatoms. The molecule has 0 spiro atoms. The number of hydrogen-bond acceptors (Lipinski definition) is 2. The van der Waals surface area contributed by atoms with Crippen LogP contribution in [0.15, 0.2) is 48.6 Å². The van der Waals surface area contributed by atoms with E-state index in [-0.39, 0.29) is 5.97 Å². The molecule has 0 saturated heterocycles. The van der Waals surface area contributed by atoms with Crippen molar-refractivity contribution in [1.29, 1.82) is 0 Å². The van der Waals surface area contributed by atoms with Gasteiger partial charge in [0.1, 0.15) is 0 Å². The summed E-state index contributed by atoms with van der Waals surface area (Å²) in [6.07, 6.45) is 25.2. The lowest BCUT2D eigenvalue weighted by molar-refractivity contribution is -0.140. The molecule has 0 fully saturated rings. The van der Waals surface area contributed by atoms with E-state index in [9.17, 15) is 4.79 Å². The Bertz CT molecular complexity index is 349. The zero-order chi connectivity index (χ0) is 15.6. The van der Waals surface area contributed by atoms with Crippen LogP contribution in [-0.4, -0.2) is 13.1 Å². The molecule has 2 nitrogen and oxygen atoms in total. The summed E-state index contributed by atoms with van der Waals surface area (Å²) in [6.45, 7) is 2.13. The molecule has 0 bridgehead atoms. The maximum absolute atomic E-state index is 10.9. The molecule has 0 aromatic heterocycles. The molecule has 0 N–H and O–H groups in total. The van der Waals surface area contributed by atoms with Crippen molar-refractivity contribution in [3.05, 3.63) is 48.6 Å². The lowest BCUT2D eigenvalue weighted by atomic mass is 10.1. The fourth-order valence-corrected chi connectivity index (χ4v) is 1.81. The predicted molar refractivity (Wildman–Crippen MR) is 91.2 cm³/mol. The second-order valence-electron chi connectivity index (χ2n) is 4.92. The van der Waals surface area contributed by atoms with Gasteiger partial charge < -0.3 is 4.74 Å². The van der Waals surface area contributed by atoms with Gasteiger partial charge in [0, 0.05) is 6.42 Å². The first-order chi connectivity index (χ1) is 10.3. The molecule has 0 aromatic rings. The first-order valence-electron chi connectivity index (χ1n) is 8.03. The quantitative estimate of drug-likeness (QED) is 0.268. The number of esters is 1. The number of hydrogen-bond donors (Lipinski definition) is 0. The molecule has 0 aliphatic heterocycles. The Morgan fingerprint density at radius 2 is 1.38 bits per heavy atom. The molecule has 0 radical (unpaired) electrons. The van der Waals surface area contributed by atoms with E-state index in [0.29, 0.717) is 6.42 Å². The highest BCUT2D eigenvalue weighted by molar-refractivity contribution is 5.68. The molecule has 0 amide bonds. The fraction of sp³-hybridized carbons (Fsp3) is 0.526. The second kappa shape index (κ2) is 16.5. The molecular weight excluding hydrogens is 260 g/mol. The smallest absolute Gasteiger partial charge is 0.305 e. The summed E-state index contributed by atoms with van der Waals surface area (Å²) in [5.41, 5.74) is 0. The zero-order valence-corrected chi connectivity index (χ0v) is 13.6. The molecule has 0 saturated carbocycles. The maximum atomic E-state index is 10.9. The van der Waals surface area contributed by atoms with Gasteiger partial charge in [0.2, 0.25) is 0 Å². The lowest BCUT2D eigenvalue weighted by Crippen LogP contribution is -1.98. The van der Waals surface area contributed by atoms with Crippen molar-refractivity contribution in [2.75, 3.05) is 7.11 Å². The van der Waals surface area contributed by atoms with Crippen LogP contribution >= 0.6 is 0 Å². The molecule has 0 unspecified atom stereocenters. The van der Waals surface area contributed by atoms with E-state index in [1.165, 1.54) is 26.4 Å². The van der Waals surface area contributed by atoms with Gasteiger partial charge in [-0.2, -0.15) is 0 Å². The summed E-state index contributed by atoms with van der Waals surface area (Å²) in [5, 5.41) is 0. The third-order valence-corrected chi connectivity index (χ3v) is 3.04. The highest BCUT2D eigenvalue weighted by Gasteiger charge is 1.98. The first-order valence-corrected chi connectivity index (χ1v) is 8.03. The van der Waals surface area contributed by atoms with Crippen LogP contribution in [0.2, 0.25) is 0 Å². The van der Waals surface area contributed by atoms with Crippen LogP contribution in [-0.2, 0) is 9.53 Å². The maximum Gasteiger partial charge on any atom is 0.305 e. The monoisotopic (exact) mass is 290 g/mol. The van der Waals surface area contributed by atoms with Gasteiger partial charge in [0.15, 0.2) is 0 Å². The van der Waals surface area contributed by atoms with Gasteiger partial charge in [-0.1, -0.05) is 74.8 Å². The Morgan fingerprint density at radius 1 is 0.810 bits per heavy atom. The van der Waals surface area contributed by atoms with Crippen LogP contribution < -0.4 is 0 Å². The third kappa shape index (κ3) is 16.4. The van der Waals surface area contributed by atoms with E-state index in [1.807, 2.05) is 18.2 Å². The van der Waals surface area contributed by atoms with Crippen molar-refractivity contribution in [2.24, 2.45) is 0 Å². The first kappa shape index (κ1) is 19.4. The van der Waals surface area contributed by atoms with Gasteiger partial charge in [-0.3, -0.25) is 4.79 Å². The third-order valence-electron chi connectivity index (χ3n) is 3.04. The molecule has 0 aliphatic rings. The number of carbonyl (C=O) groups is 1. The number of ether oxygens (including phenoxy) is 1. The molecule has 0 atom stereocenters. The minimum Gasteiger partial charge on any atom is -0.469 e. The Kier molecular flexibility index (Phi) is 15.3. The van der Waals surface area contributed by atoms with Crippen molar-refractivity contribution in [1.82, 2.24) is 0 Å². The summed E-state index contributed by atoms with van der Waals surface area (Å²) in [5.74, 6) is -0.0936. The standard InChI is InChI=1S/C19H30O2/c1-3-4-5-6-7-8-9-10-11-12-13-14-15-16-17-18-19(20)21-2/h4-11H,3,12-18H2,1-2H3/b5-4-,7-6+,9-8+,11-10-. The SMILES string of the molecule is CC\C=C/C=C/C=C/C=C\CCCCCCCC(=O)OC. The number of methoxy groups -OCH3 is 1. The van der Waals surface area contributed by atoms with Crippen molar-refractivity contribution in [3.8, 4) is 0 Å². The Hall–Kier alpha value is -1.57. The van der Waals surface area contributed by atoms with Gasteiger partial charge >= 0.3 is 5.97 Å². The molecule has 0 aliphatic carbocycles. The highest BCUT2D eigenvalue weighted by Crippen LogP contribution is 2.08. The van der Waals surface area contributed by atoms with Gasteiger partial charge in [0.05, 0.1) is 7.11 Å². The number of rotatable bonds is 12. The Balaban J connectivity index is 3.36. The van der Waals surface area contributed by atoms with E-state index >= 15 is 0 Å². The summed E-state index contributed by atoms with van der Waals surface area (Å²) >= 11 is 0. The molecular formula is C19H30O2. The largest absolute Gasteiger partial charge is 0.469 e. The summed E-state index contributed by atoms with van der Waals surface area (Å²) < 4.78 is 4.61. The Morgan fingerprint density at radius 3 is 2.05 bits per heavy atom. The van der Waals surface area contributed by atoms with Crippen molar-refractivity contribution >= 4 is 5.97 Å². The van der Waals surface area contributed by atoms with E-state index < -0.39 is 0 Å². The topological polar surface area (TPSA) is 26.3 Å². The normalized spacial score (nSPS) is 12.3. The van der Waals surface area contributed by atoms with E-state index in [1.54, 1.807) is 0 Å². The van der Waals surface area contributed by atoms with Gasteiger partial charge in [-0.25, -0.2) is 0 Å². The van der Waals surface area contributed by atoms with Crippen molar-refractivity contribution in [3.63, 3.8) is 0 Å². The molecule has 0 aromatic carbocycles. The summed E-state index contributed by atoms with van der Waals surface area (Å²) in [6, 6.07) is 0. The minimum atomic E-state index is -0.0936. The average molecular weight is 290 g/mol. The number of allylic oxidation sites excluding steroid dienone is 8. The molecule has 118 valence electrons. The minimum absolute atomic E-state index is 0.0936. The molecule has 21 heavy (non-hydrogen) atoms. The lowest BCUT2D eigenvalue weighted by Gasteiger charge is -1.99. The van der Waals surface area contributed by atoms with Crippen LogP contribution in [0.5, 0.6) is 0 Å². The highest BCUT2D eigenvalue weighted by atomic mass is 16.5. The van der Waals surface area contributed by atoms with Crippen LogP contribution in [0.1, 0.15) is 58.3 Å². The summed E-state index contributed by atoms with van der Waals surface area (Å²) in [4.78, 5) is 10.9. The van der Waals surface area contributed by atoms with Crippen molar-refractivity contribution in [2.45, 2.75) is 58.3 Å². The van der Waals surface area contributed by atoms with Crippen LogP contribution in [0.25, 0.3) is 0 Å². The Labute approximate surface area is 130 Å². The van der Waals surface area contributed by atoms with Gasteiger partial charge in [-0.15, -0.1) is 0 Å². The molecule has 0 heterocycles. The van der Waals surface area contributed by atoms with Gasteiger partial charge in [-0.05, 0) is 25.7 Å².